The molecule has 5 rings (SSSR count). The molecular weight excluding hydrogens is 310 g/mol. The molecule has 4 aliphatic rings. The quantitative estimate of drug-likeness (QED) is 0.853. The fourth-order valence-electron chi connectivity index (χ4n) is 5.93. The van der Waals surface area contributed by atoms with Gasteiger partial charge in [0.2, 0.25) is 0 Å². The van der Waals surface area contributed by atoms with E-state index in [4.69, 9.17) is 4.74 Å². The van der Waals surface area contributed by atoms with Gasteiger partial charge in [-0.25, -0.2) is 0 Å². The van der Waals surface area contributed by atoms with Gasteiger partial charge < -0.3 is 10.1 Å². The summed E-state index contributed by atoms with van der Waals surface area (Å²) in [4.78, 5) is 13.0. The SMILES string of the molecule is CC[C@H](Oc1cccc(C)c1C)C(=O)NC12CC3CC(CC(C3)C1)C2. The predicted octanol–water partition coefficient (Wildman–Crippen LogP) is 4.55. The predicted molar refractivity (Wildman–Crippen MR) is 99.7 cm³/mol. The van der Waals surface area contributed by atoms with Gasteiger partial charge in [-0.15, -0.1) is 0 Å². The zero-order valence-electron chi connectivity index (χ0n) is 15.8. The smallest absolute Gasteiger partial charge is 0.261 e. The van der Waals surface area contributed by atoms with Crippen LogP contribution in [0.2, 0.25) is 0 Å². The molecule has 1 atom stereocenters. The van der Waals surface area contributed by atoms with Crippen LogP contribution in [0.5, 0.6) is 5.75 Å². The molecule has 4 aliphatic carbocycles. The lowest BCUT2D eigenvalue weighted by Gasteiger charge is -2.57. The monoisotopic (exact) mass is 341 g/mol. The highest BCUT2D eigenvalue weighted by Gasteiger charge is 2.51. The number of carbonyl (C=O) groups is 1. The minimum atomic E-state index is -0.395. The summed E-state index contributed by atoms with van der Waals surface area (Å²) < 4.78 is 6.14. The lowest BCUT2D eigenvalue weighted by atomic mass is 9.53. The van der Waals surface area contributed by atoms with Crippen LogP contribution in [0.3, 0.4) is 0 Å². The Kier molecular flexibility index (Phi) is 4.29. The number of carbonyl (C=O) groups excluding carboxylic acids is 1. The van der Waals surface area contributed by atoms with Crippen LogP contribution in [-0.2, 0) is 4.79 Å². The third kappa shape index (κ3) is 3.18. The third-order valence-corrected chi connectivity index (χ3v) is 6.91. The number of hydrogen-bond donors (Lipinski definition) is 1. The highest BCUT2D eigenvalue weighted by atomic mass is 16.5. The molecule has 4 saturated carbocycles. The molecule has 0 aromatic heterocycles. The zero-order valence-corrected chi connectivity index (χ0v) is 15.8. The van der Waals surface area contributed by atoms with Gasteiger partial charge >= 0.3 is 0 Å². The molecule has 25 heavy (non-hydrogen) atoms. The van der Waals surface area contributed by atoms with Crippen LogP contribution >= 0.6 is 0 Å². The van der Waals surface area contributed by atoms with E-state index in [0.29, 0.717) is 6.42 Å². The second kappa shape index (κ2) is 6.34. The largest absolute Gasteiger partial charge is 0.480 e. The van der Waals surface area contributed by atoms with E-state index >= 15 is 0 Å². The van der Waals surface area contributed by atoms with E-state index in [1.807, 2.05) is 19.1 Å². The Morgan fingerprint density at radius 1 is 1.16 bits per heavy atom. The molecule has 3 heteroatoms. The van der Waals surface area contributed by atoms with Gasteiger partial charge in [0.05, 0.1) is 0 Å². The third-order valence-electron chi connectivity index (χ3n) is 6.91. The summed E-state index contributed by atoms with van der Waals surface area (Å²) in [6.45, 7) is 6.18. The first-order valence-electron chi connectivity index (χ1n) is 10.0. The van der Waals surface area contributed by atoms with Crippen molar-refractivity contribution in [1.82, 2.24) is 5.32 Å². The van der Waals surface area contributed by atoms with E-state index in [-0.39, 0.29) is 11.4 Å². The van der Waals surface area contributed by atoms with Gasteiger partial charge in [-0.1, -0.05) is 19.1 Å². The summed E-state index contributed by atoms with van der Waals surface area (Å²) in [5.41, 5.74) is 2.39. The van der Waals surface area contributed by atoms with Gasteiger partial charge in [-0.2, -0.15) is 0 Å². The number of ether oxygens (including phenoxy) is 1. The number of aryl methyl sites for hydroxylation is 1. The van der Waals surface area contributed by atoms with Crippen molar-refractivity contribution in [2.75, 3.05) is 0 Å². The highest BCUT2D eigenvalue weighted by Crippen LogP contribution is 2.55. The lowest BCUT2D eigenvalue weighted by molar-refractivity contribution is -0.134. The molecule has 136 valence electrons. The standard InChI is InChI=1S/C22H31NO2/c1-4-19(25-20-7-5-6-14(2)15(20)3)21(24)23-22-11-16-8-17(12-22)10-18(9-16)13-22/h5-7,16-19H,4,8-13H2,1-3H3,(H,23,24)/t16?,17?,18?,19-,22?/m0/s1. The van der Waals surface area contributed by atoms with Crippen LogP contribution in [0.25, 0.3) is 0 Å². The van der Waals surface area contributed by atoms with Crippen molar-refractivity contribution in [2.45, 2.75) is 77.4 Å². The molecule has 1 aromatic carbocycles. The summed E-state index contributed by atoms with van der Waals surface area (Å²) in [5.74, 6) is 3.45. The van der Waals surface area contributed by atoms with Gasteiger partial charge in [-0.3, -0.25) is 4.79 Å². The molecule has 3 nitrogen and oxygen atoms in total. The van der Waals surface area contributed by atoms with Crippen LogP contribution in [0.4, 0.5) is 0 Å². The van der Waals surface area contributed by atoms with Crippen molar-refractivity contribution in [3.8, 4) is 5.75 Å². The molecule has 1 aromatic rings. The maximum atomic E-state index is 13.0. The van der Waals surface area contributed by atoms with E-state index in [2.05, 4.69) is 25.2 Å². The molecule has 4 fully saturated rings. The molecule has 1 amide bonds. The fraction of sp³-hybridized carbons (Fsp3) is 0.682. The molecule has 4 bridgehead atoms. The first-order valence-corrected chi connectivity index (χ1v) is 10.0. The Balaban J connectivity index is 1.47. The molecule has 0 spiro atoms. The summed E-state index contributed by atoms with van der Waals surface area (Å²) >= 11 is 0. The highest BCUT2D eigenvalue weighted by molar-refractivity contribution is 5.82. The topological polar surface area (TPSA) is 38.3 Å². The maximum absolute atomic E-state index is 13.0. The molecule has 1 N–H and O–H groups in total. The van der Waals surface area contributed by atoms with E-state index in [1.54, 1.807) is 0 Å². The van der Waals surface area contributed by atoms with Crippen molar-refractivity contribution in [2.24, 2.45) is 17.8 Å². The number of hydrogen-bond acceptors (Lipinski definition) is 2. The van der Waals surface area contributed by atoms with E-state index in [1.165, 1.54) is 44.1 Å². The van der Waals surface area contributed by atoms with Gasteiger partial charge in [0.15, 0.2) is 6.10 Å². The molecule has 0 aliphatic heterocycles. The van der Waals surface area contributed by atoms with Crippen LogP contribution in [0.15, 0.2) is 18.2 Å². The number of rotatable bonds is 5. The fourth-order valence-corrected chi connectivity index (χ4v) is 5.93. The first-order chi connectivity index (χ1) is 12.0. The molecular formula is C22H31NO2. The van der Waals surface area contributed by atoms with Crippen LogP contribution in [-0.4, -0.2) is 17.6 Å². The van der Waals surface area contributed by atoms with Gasteiger partial charge in [0.1, 0.15) is 5.75 Å². The Morgan fingerprint density at radius 3 is 2.32 bits per heavy atom. The van der Waals surface area contributed by atoms with Crippen LogP contribution in [0.1, 0.15) is 63.0 Å². The Bertz CT molecular complexity index is 631. The minimum Gasteiger partial charge on any atom is -0.480 e. The molecule has 0 radical (unpaired) electrons. The van der Waals surface area contributed by atoms with Crippen molar-refractivity contribution in [3.05, 3.63) is 29.3 Å². The van der Waals surface area contributed by atoms with Gasteiger partial charge in [0, 0.05) is 5.54 Å². The molecule has 0 saturated heterocycles. The van der Waals surface area contributed by atoms with Crippen molar-refractivity contribution in [1.29, 1.82) is 0 Å². The first kappa shape index (κ1) is 16.9. The molecule has 0 heterocycles. The van der Waals surface area contributed by atoms with E-state index in [0.717, 1.165) is 29.1 Å². The van der Waals surface area contributed by atoms with E-state index < -0.39 is 6.10 Å². The van der Waals surface area contributed by atoms with Crippen molar-refractivity contribution in [3.63, 3.8) is 0 Å². The maximum Gasteiger partial charge on any atom is 0.261 e. The van der Waals surface area contributed by atoms with Gasteiger partial charge in [-0.05, 0) is 93.7 Å². The number of benzene rings is 1. The average molecular weight is 341 g/mol. The Morgan fingerprint density at radius 2 is 1.76 bits per heavy atom. The van der Waals surface area contributed by atoms with Crippen molar-refractivity contribution < 1.29 is 9.53 Å². The zero-order chi connectivity index (χ0) is 17.6. The lowest BCUT2D eigenvalue weighted by Crippen LogP contribution is -2.61. The molecule has 0 unspecified atom stereocenters. The number of nitrogens with one attached hydrogen (secondary N) is 1. The Labute approximate surface area is 151 Å². The van der Waals surface area contributed by atoms with Crippen LogP contribution in [0, 0.1) is 31.6 Å². The number of amides is 1. The summed E-state index contributed by atoms with van der Waals surface area (Å²) in [7, 11) is 0. The second-order valence-corrected chi connectivity index (χ2v) is 8.90. The average Bonchev–Trinajstić information content (AvgIpc) is 2.54. The normalized spacial score (nSPS) is 34.0. The van der Waals surface area contributed by atoms with E-state index in [9.17, 15) is 4.79 Å². The van der Waals surface area contributed by atoms with Crippen molar-refractivity contribution >= 4 is 5.91 Å². The summed E-state index contributed by atoms with van der Waals surface area (Å²) in [6, 6.07) is 6.06. The second-order valence-electron chi connectivity index (χ2n) is 8.90. The van der Waals surface area contributed by atoms with Crippen LogP contribution < -0.4 is 10.1 Å². The summed E-state index contributed by atoms with van der Waals surface area (Å²) in [6.07, 6.45) is 8.04. The summed E-state index contributed by atoms with van der Waals surface area (Å²) in [5, 5.41) is 3.47. The van der Waals surface area contributed by atoms with Gasteiger partial charge in [0.25, 0.3) is 5.91 Å². The minimum absolute atomic E-state index is 0.0598. The Hall–Kier alpha value is -1.51.